The Kier molecular flexibility index (Phi) is 5.37. The lowest BCUT2D eigenvalue weighted by Gasteiger charge is -2.37. The maximum Gasteiger partial charge on any atom is 0.215 e. The van der Waals surface area contributed by atoms with E-state index in [0.29, 0.717) is 26.2 Å². The summed E-state index contributed by atoms with van der Waals surface area (Å²) in [5.74, 6) is 0.170. The summed E-state index contributed by atoms with van der Waals surface area (Å²) < 4.78 is 31.2. The Bertz CT molecular complexity index is 328. The van der Waals surface area contributed by atoms with Crippen LogP contribution in [0.25, 0.3) is 0 Å². The van der Waals surface area contributed by atoms with Gasteiger partial charge in [0.2, 0.25) is 10.0 Å². The van der Waals surface area contributed by atoms with Gasteiger partial charge in [-0.2, -0.15) is 4.31 Å². The van der Waals surface area contributed by atoms with E-state index in [0.717, 1.165) is 13.0 Å². The second-order valence-electron chi connectivity index (χ2n) is 5.01. The van der Waals surface area contributed by atoms with Crippen molar-refractivity contribution in [2.75, 3.05) is 38.5 Å². The normalized spacial score (nSPS) is 21.6. The lowest BCUT2D eigenvalue weighted by atomic mass is 10.1. The van der Waals surface area contributed by atoms with E-state index in [2.05, 4.69) is 12.2 Å². The molecule has 0 aliphatic carbocycles. The molecule has 1 heterocycles. The molecule has 0 aromatic carbocycles. The molecule has 1 rings (SSSR count). The van der Waals surface area contributed by atoms with Crippen LogP contribution in [0.2, 0.25) is 0 Å². The highest BCUT2D eigenvalue weighted by atomic mass is 32.2. The second kappa shape index (κ2) is 6.13. The Labute approximate surface area is 105 Å². The van der Waals surface area contributed by atoms with E-state index in [1.165, 1.54) is 0 Å². The van der Waals surface area contributed by atoms with Crippen LogP contribution in [0.5, 0.6) is 0 Å². The zero-order valence-electron chi connectivity index (χ0n) is 11.0. The van der Waals surface area contributed by atoms with Gasteiger partial charge in [-0.05, 0) is 26.8 Å². The largest absolute Gasteiger partial charge is 0.373 e. The molecule has 0 saturated carbocycles. The Hall–Kier alpha value is -0.170. The topological polar surface area (TPSA) is 58.6 Å². The number of sulfonamides is 1. The van der Waals surface area contributed by atoms with Gasteiger partial charge >= 0.3 is 0 Å². The number of ether oxygens (including phenoxy) is 1. The van der Waals surface area contributed by atoms with Crippen molar-refractivity contribution in [1.82, 2.24) is 9.62 Å². The lowest BCUT2D eigenvalue weighted by molar-refractivity contribution is -0.0640. The monoisotopic (exact) mass is 264 g/mol. The smallest absolute Gasteiger partial charge is 0.215 e. The van der Waals surface area contributed by atoms with Crippen LogP contribution in [-0.4, -0.2) is 56.9 Å². The summed E-state index contributed by atoms with van der Waals surface area (Å²) in [6, 6.07) is 0. The number of hydrogen-bond donors (Lipinski definition) is 1. The second-order valence-corrected chi connectivity index (χ2v) is 7.10. The molecule has 0 atom stereocenters. The molecule has 1 N–H and O–H groups in total. The van der Waals surface area contributed by atoms with Crippen LogP contribution < -0.4 is 5.32 Å². The summed E-state index contributed by atoms with van der Waals surface area (Å²) in [7, 11) is -3.14. The SMILES string of the molecule is CCCNCCS(=O)(=O)N1CCOC(C)(C)C1. The third kappa shape index (κ3) is 4.91. The van der Waals surface area contributed by atoms with Crippen molar-refractivity contribution in [3.8, 4) is 0 Å². The standard InChI is InChI=1S/C11H24N2O3S/c1-4-5-12-6-9-17(14,15)13-7-8-16-11(2,3)10-13/h12H,4-10H2,1-3H3. The number of rotatable bonds is 6. The molecule has 5 nitrogen and oxygen atoms in total. The summed E-state index contributed by atoms with van der Waals surface area (Å²) in [4.78, 5) is 0. The summed E-state index contributed by atoms with van der Waals surface area (Å²) >= 11 is 0. The first-order valence-electron chi connectivity index (χ1n) is 6.20. The maximum atomic E-state index is 12.1. The Balaban J connectivity index is 2.46. The van der Waals surface area contributed by atoms with Crippen molar-refractivity contribution in [2.45, 2.75) is 32.8 Å². The van der Waals surface area contributed by atoms with Gasteiger partial charge in [-0.1, -0.05) is 6.92 Å². The van der Waals surface area contributed by atoms with Gasteiger partial charge in [0.05, 0.1) is 18.0 Å². The van der Waals surface area contributed by atoms with E-state index in [-0.39, 0.29) is 11.4 Å². The Morgan fingerprint density at radius 3 is 2.65 bits per heavy atom. The van der Waals surface area contributed by atoms with Crippen LogP contribution in [0.3, 0.4) is 0 Å². The quantitative estimate of drug-likeness (QED) is 0.707. The van der Waals surface area contributed by atoms with E-state index in [4.69, 9.17) is 4.74 Å². The van der Waals surface area contributed by atoms with Crippen LogP contribution in [0.15, 0.2) is 0 Å². The van der Waals surface area contributed by atoms with Gasteiger partial charge < -0.3 is 10.1 Å². The molecule has 0 bridgehead atoms. The van der Waals surface area contributed by atoms with Crippen LogP contribution in [0.1, 0.15) is 27.2 Å². The van der Waals surface area contributed by atoms with Crippen molar-refractivity contribution in [2.24, 2.45) is 0 Å². The Morgan fingerprint density at radius 1 is 1.35 bits per heavy atom. The molecule has 1 aliphatic heterocycles. The first-order chi connectivity index (χ1) is 7.87. The third-order valence-corrected chi connectivity index (χ3v) is 4.57. The fourth-order valence-corrected chi connectivity index (χ4v) is 3.36. The highest BCUT2D eigenvalue weighted by Gasteiger charge is 2.33. The van der Waals surface area contributed by atoms with E-state index in [1.54, 1.807) is 4.31 Å². The molecule has 1 fully saturated rings. The molecule has 0 spiro atoms. The van der Waals surface area contributed by atoms with Gasteiger partial charge in [0, 0.05) is 19.6 Å². The summed E-state index contributed by atoms with van der Waals surface area (Å²) in [5.41, 5.74) is -0.373. The predicted molar refractivity (Wildman–Crippen MR) is 68.6 cm³/mol. The molecule has 0 aromatic rings. The van der Waals surface area contributed by atoms with Crippen LogP contribution in [0, 0.1) is 0 Å². The Morgan fingerprint density at radius 2 is 2.06 bits per heavy atom. The molecule has 0 aromatic heterocycles. The maximum absolute atomic E-state index is 12.1. The lowest BCUT2D eigenvalue weighted by Crippen LogP contribution is -2.51. The molecule has 0 amide bonds. The van der Waals surface area contributed by atoms with Gasteiger partial charge in [0.15, 0.2) is 0 Å². The summed E-state index contributed by atoms with van der Waals surface area (Å²) in [6.07, 6.45) is 1.02. The molecule has 0 unspecified atom stereocenters. The third-order valence-electron chi connectivity index (χ3n) is 2.75. The van der Waals surface area contributed by atoms with Crippen LogP contribution in [-0.2, 0) is 14.8 Å². The molecular weight excluding hydrogens is 240 g/mol. The zero-order valence-corrected chi connectivity index (χ0v) is 11.8. The van der Waals surface area contributed by atoms with E-state index in [1.807, 2.05) is 13.8 Å². The molecule has 17 heavy (non-hydrogen) atoms. The fourth-order valence-electron chi connectivity index (χ4n) is 1.84. The van der Waals surface area contributed by atoms with E-state index in [9.17, 15) is 8.42 Å². The molecule has 1 saturated heterocycles. The van der Waals surface area contributed by atoms with Gasteiger partial charge in [-0.25, -0.2) is 8.42 Å². The van der Waals surface area contributed by atoms with Crippen LogP contribution in [0.4, 0.5) is 0 Å². The highest BCUT2D eigenvalue weighted by molar-refractivity contribution is 7.89. The first kappa shape index (κ1) is 14.9. The number of hydrogen-bond acceptors (Lipinski definition) is 4. The average molecular weight is 264 g/mol. The van der Waals surface area contributed by atoms with E-state index >= 15 is 0 Å². The van der Waals surface area contributed by atoms with Crippen molar-refractivity contribution in [3.63, 3.8) is 0 Å². The number of nitrogens with one attached hydrogen (secondary N) is 1. The van der Waals surface area contributed by atoms with Gasteiger partial charge in [-0.3, -0.25) is 0 Å². The summed E-state index contributed by atoms with van der Waals surface area (Å²) in [6.45, 7) is 8.69. The summed E-state index contributed by atoms with van der Waals surface area (Å²) in [5, 5.41) is 3.11. The molecule has 6 heteroatoms. The minimum atomic E-state index is -3.14. The molecule has 102 valence electrons. The highest BCUT2D eigenvalue weighted by Crippen LogP contribution is 2.18. The minimum absolute atomic E-state index is 0.170. The number of morpholine rings is 1. The van der Waals surface area contributed by atoms with Crippen molar-refractivity contribution in [3.05, 3.63) is 0 Å². The van der Waals surface area contributed by atoms with Gasteiger partial charge in [0.25, 0.3) is 0 Å². The van der Waals surface area contributed by atoms with Crippen LogP contribution >= 0.6 is 0 Å². The van der Waals surface area contributed by atoms with Gasteiger partial charge in [-0.15, -0.1) is 0 Å². The predicted octanol–water partition coefficient (Wildman–Crippen LogP) is 0.427. The van der Waals surface area contributed by atoms with Crippen molar-refractivity contribution < 1.29 is 13.2 Å². The first-order valence-corrected chi connectivity index (χ1v) is 7.81. The van der Waals surface area contributed by atoms with Crippen molar-refractivity contribution in [1.29, 1.82) is 0 Å². The van der Waals surface area contributed by atoms with Crippen molar-refractivity contribution >= 4 is 10.0 Å². The minimum Gasteiger partial charge on any atom is -0.373 e. The molecule has 1 aliphatic rings. The van der Waals surface area contributed by atoms with Gasteiger partial charge in [0.1, 0.15) is 0 Å². The molecule has 0 radical (unpaired) electrons. The van der Waals surface area contributed by atoms with E-state index < -0.39 is 10.0 Å². The fraction of sp³-hybridized carbons (Fsp3) is 1.00. The average Bonchev–Trinajstić information content (AvgIpc) is 2.23. The molecular formula is C11H24N2O3S. The zero-order chi connectivity index (χ0) is 12.9. The number of nitrogens with zero attached hydrogens (tertiary/aromatic N) is 1.